The smallest absolute Gasteiger partial charge is 0.340 e. The molecule has 1 aliphatic carbocycles. The number of para-hydroxylation sites is 1. The molecule has 0 saturated carbocycles. The number of aromatic nitrogens is 1. The zero-order chi connectivity index (χ0) is 16.5. The molecule has 4 rings (SSSR count). The molecule has 0 unspecified atom stereocenters. The van der Waals surface area contributed by atoms with Gasteiger partial charge in [0.2, 0.25) is 0 Å². The zero-order valence-corrected chi connectivity index (χ0v) is 13.6. The van der Waals surface area contributed by atoms with Gasteiger partial charge in [-0.3, -0.25) is 4.98 Å². The summed E-state index contributed by atoms with van der Waals surface area (Å²) in [5.74, 6) is 0.516. The Morgan fingerprint density at radius 3 is 2.92 bits per heavy atom. The van der Waals surface area contributed by atoms with Gasteiger partial charge >= 0.3 is 5.97 Å². The third-order valence-electron chi connectivity index (χ3n) is 4.96. The van der Waals surface area contributed by atoms with E-state index in [-0.39, 0.29) is 12.0 Å². The van der Waals surface area contributed by atoms with E-state index in [1.54, 1.807) is 0 Å². The Labute approximate surface area is 141 Å². The molecule has 1 N–H and O–H groups in total. The molecular formula is C20H20N2O2. The van der Waals surface area contributed by atoms with Crippen LogP contribution < -0.4 is 5.32 Å². The fourth-order valence-corrected chi connectivity index (χ4v) is 3.90. The Bertz CT molecular complexity index is 785. The Morgan fingerprint density at radius 2 is 2.12 bits per heavy atom. The van der Waals surface area contributed by atoms with Gasteiger partial charge < -0.3 is 10.1 Å². The SMILES string of the molecule is CCOC(=O)c1cccc2c1N[C@@H](c1ccncc1)[C@@H]1CC=C[C@H]21. The number of anilines is 1. The van der Waals surface area contributed by atoms with Crippen LogP contribution in [0.3, 0.4) is 0 Å². The summed E-state index contributed by atoms with van der Waals surface area (Å²) in [5.41, 5.74) is 3.91. The molecule has 1 aliphatic heterocycles. The first-order valence-corrected chi connectivity index (χ1v) is 8.42. The molecule has 122 valence electrons. The maximum atomic E-state index is 12.4. The van der Waals surface area contributed by atoms with E-state index in [4.69, 9.17) is 4.74 Å². The third-order valence-corrected chi connectivity index (χ3v) is 4.96. The number of benzene rings is 1. The number of esters is 1. The van der Waals surface area contributed by atoms with E-state index in [1.807, 2.05) is 43.6 Å². The second-order valence-electron chi connectivity index (χ2n) is 6.25. The maximum Gasteiger partial charge on any atom is 0.340 e. The number of rotatable bonds is 3. The molecule has 0 spiro atoms. The predicted molar refractivity (Wildman–Crippen MR) is 93.0 cm³/mol. The van der Waals surface area contributed by atoms with Gasteiger partial charge in [0.25, 0.3) is 0 Å². The van der Waals surface area contributed by atoms with Gasteiger partial charge in [0.15, 0.2) is 0 Å². The molecule has 0 radical (unpaired) electrons. The van der Waals surface area contributed by atoms with Gasteiger partial charge in [-0.25, -0.2) is 4.79 Å². The summed E-state index contributed by atoms with van der Waals surface area (Å²) in [7, 11) is 0. The number of hydrogen-bond acceptors (Lipinski definition) is 4. The van der Waals surface area contributed by atoms with Gasteiger partial charge in [-0.1, -0.05) is 24.3 Å². The van der Waals surface area contributed by atoms with Crippen LogP contribution in [0, 0.1) is 5.92 Å². The van der Waals surface area contributed by atoms with E-state index in [1.165, 1.54) is 11.1 Å². The first kappa shape index (κ1) is 14.9. The Hall–Kier alpha value is -2.62. The highest BCUT2D eigenvalue weighted by Crippen LogP contribution is 2.50. The minimum Gasteiger partial charge on any atom is -0.462 e. The normalized spacial score (nSPS) is 24.0. The van der Waals surface area contributed by atoms with Crippen LogP contribution in [-0.4, -0.2) is 17.6 Å². The van der Waals surface area contributed by atoms with Crippen LogP contribution in [0.15, 0.2) is 54.9 Å². The quantitative estimate of drug-likeness (QED) is 0.684. The zero-order valence-electron chi connectivity index (χ0n) is 13.6. The van der Waals surface area contributed by atoms with E-state index in [2.05, 4.69) is 28.5 Å². The van der Waals surface area contributed by atoms with Crippen LogP contribution in [0.1, 0.15) is 46.8 Å². The summed E-state index contributed by atoms with van der Waals surface area (Å²) in [5, 5.41) is 3.62. The van der Waals surface area contributed by atoms with Crippen molar-refractivity contribution in [1.29, 1.82) is 0 Å². The standard InChI is InChI=1S/C20H20N2O2/c1-2-24-20(23)17-8-4-7-16-14-5-3-6-15(14)18(22-19(16)17)13-9-11-21-12-10-13/h3-5,7-12,14-15,18,22H,2,6H2,1H3/t14-,15+,18-/m0/s1. The lowest BCUT2D eigenvalue weighted by Gasteiger charge is -2.38. The predicted octanol–water partition coefficient (Wildman–Crippen LogP) is 4.08. The molecule has 4 nitrogen and oxygen atoms in total. The molecule has 2 aliphatic rings. The summed E-state index contributed by atoms with van der Waals surface area (Å²) in [6, 6.07) is 10.2. The monoisotopic (exact) mass is 320 g/mol. The van der Waals surface area contributed by atoms with Crippen molar-refractivity contribution in [2.24, 2.45) is 5.92 Å². The van der Waals surface area contributed by atoms with Crippen molar-refractivity contribution < 1.29 is 9.53 Å². The summed E-state index contributed by atoms with van der Waals surface area (Å²) < 4.78 is 5.24. The molecule has 0 amide bonds. The molecular weight excluding hydrogens is 300 g/mol. The lowest BCUT2D eigenvalue weighted by atomic mass is 9.76. The van der Waals surface area contributed by atoms with Crippen molar-refractivity contribution in [3.05, 3.63) is 71.6 Å². The number of allylic oxidation sites excluding steroid dienone is 2. The van der Waals surface area contributed by atoms with Crippen LogP contribution in [0.2, 0.25) is 0 Å². The van der Waals surface area contributed by atoms with Crippen LogP contribution in [0.5, 0.6) is 0 Å². The highest BCUT2D eigenvalue weighted by molar-refractivity contribution is 5.97. The van der Waals surface area contributed by atoms with E-state index >= 15 is 0 Å². The largest absolute Gasteiger partial charge is 0.462 e. The van der Waals surface area contributed by atoms with Gasteiger partial charge in [-0.2, -0.15) is 0 Å². The average Bonchev–Trinajstić information content (AvgIpc) is 3.11. The summed E-state index contributed by atoms with van der Waals surface area (Å²) in [4.78, 5) is 16.5. The lowest BCUT2D eigenvalue weighted by molar-refractivity contribution is 0.0527. The number of fused-ring (bicyclic) bond motifs is 3. The molecule has 0 saturated heterocycles. The first-order chi connectivity index (χ1) is 11.8. The van der Waals surface area contributed by atoms with Crippen LogP contribution in [0.25, 0.3) is 0 Å². The van der Waals surface area contributed by atoms with E-state index in [9.17, 15) is 4.79 Å². The number of hydrogen-bond donors (Lipinski definition) is 1. The minimum absolute atomic E-state index is 0.163. The molecule has 3 atom stereocenters. The third kappa shape index (κ3) is 2.39. The van der Waals surface area contributed by atoms with Crippen LogP contribution in [-0.2, 0) is 4.74 Å². The van der Waals surface area contributed by atoms with Crippen LogP contribution in [0.4, 0.5) is 5.69 Å². The molecule has 4 heteroatoms. The molecule has 24 heavy (non-hydrogen) atoms. The summed E-state index contributed by atoms with van der Waals surface area (Å²) >= 11 is 0. The molecule has 0 bridgehead atoms. The Balaban J connectivity index is 1.80. The summed E-state index contributed by atoms with van der Waals surface area (Å²) in [6.07, 6.45) is 9.20. The number of carbonyl (C=O) groups excluding carboxylic acids is 1. The Kier molecular flexibility index (Phi) is 3.81. The fourth-order valence-electron chi connectivity index (χ4n) is 3.90. The van der Waals surface area contributed by atoms with Crippen molar-refractivity contribution in [2.75, 3.05) is 11.9 Å². The number of nitrogens with one attached hydrogen (secondary N) is 1. The van der Waals surface area contributed by atoms with E-state index < -0.39 is 0 Å². The van der Waals surface area contributed by atoms with Crippen molar-refractivity contribution in [3.8, 4) is 0 Å². The minimum atomic E-state index is -0.268. The van der Waals surface area contributed by atoms with Gasteiger partial charge in [-0.05, 0) is 48.6 Å². The average molecular weight is 320 g/mol. The number of nitrogens with zero attached hydrogens (tertiary/aromatic N) is 1. The first-order valence-electron chi connectivity index (χ1n) is 8.42. The van der Waals surface area contributed by atoms with Gasteiger partial charge in [-0.15, -0.1) is 0 Å². The number of ether oxygens (including phenoxy) is 1. The summed E-state index contributed by atoms with van der Waals surface area (Å²) in [6.45, 7) is 2.21. The van der Waals surface area contributed by atoms with Crippen molar-refractivity contribution in [3.63, 3.8) is 0 Å². The highest BCUT2D eigenvalue weighted by atomic mass is 16.5. The molecule has 2 aromatic rings. The second-order valence-corrected chi connectivity index (χ2v) is 6.25. The van der Waals surface area contributed by atoms with Gasteiger partial charge in [0, 0.05) is 18.3 Å². The molecule has 0 fully saturated rings. The lowest BCUT2D eigenvalue weighted by Crippen LogP contribution is -2.30. The highest BCUT2D eigenvalue weighted by Gasteiger charge is 2.39. The second kappa shape index (κ2) is 6.11. The maximum absolute atomic E-state index is 12.4. The fraction of sp³-hybridized carbons (Fsp3) is 0.300. The number of pyridine rings is 1. The van der Waals surface area contributed by atoms with Crippen molar-refractivity contribution in [2.45, 2.75) is 25.3 Å². The molecule has 1 aromatic heterocycles. The topological polar surface area (TPSA) is 51.2 Å². The molecule has 2 heterocycles. The van der Waals surface area contributed by atoms with Crippen LogP contribution >= 0.6 is 0 Å². The van der Waals surface area contributed by atoms with Gasteiger partial charge in [0.1, 0.15) is 0 Å². The Morgan fingerprint density at radius 1 is 1.29 bits per heavy atom. The molecule has 1 aromatic carbocycles. The number of carbonyl (C=O) groups is 1. The van der Waals surface area contributed by atoms with E-state index in [0.29, 0.717) is 24.0 Å². The van der Waals surface area contributed by atoms with Crippen molar-refractivity contribution >= 4 is 11.7 Å². The van der Waals surface area contributed by atoms with E-state index in [0.717, 1.165) is 12.1 Å². The van der Waals surface area contributed by atoms with Crippen molar-refractivity contribution in [1.82, 2.24) is 4.98 Å². The van der Waals surface area contributed by atoms with Gasteiger partial charge in [0.05, 0.1) is 23.9 Å².